The molecule has 0 aromatic heterocycles. The minimum atomic E-state index is 0.495. The van der Waals surface area contributed by atoms with Gasteiger partial charge in [-0.2, -0.15) is 0 Å². The van der Waals surface area contributed by atoms with Gasteiger partial charge in [0.2, 0.25) is 0 Å². The lowest BCUT2D eigenvalue weighted by Gasteiger charge is -2.29. The molecule has 13 rings (SSSR count). The first-order chi connectivity index (χ1) is 49.0. The lowest BCUT2D eigenvalue weighted by molar-refractivity contribution is 0.483. The minimum Gasteiger partial charge on any atom is -0.455 e. The lowest BCUT2D eigenvalue weighted by Crippen LogP contribution is -2.12. The van der Waals surface area contributed by atoms with E-state index in [4.69, 9.17) is 36.5 Å². The van der Waals surface area contributed by atoms with Crippen molar-refractivity contribution in [1.29, 1.82) is 0 Å². The molecule has 0 fully saturated rings. The van der Waals surface area contributed by atoms with Gasteiger partial charge in [-0.05, 0) is 227 Å². The Kier molecular flexibility index (Phi) is 19.9. The number of hydrogen-bond acceptors (Lipinski definition) is 8. The predicted molar refractivity (Wildman–Crippen MR) is 401 cm³/mol. The number of terminal acetylenes is 2. The van der Waals surface area contributed by atoms with Crippen molar-refractivity contribution < 1.29 is 23.7 Å². The second-order valence-electron chi connectivity index (χ2n) is 22.3. The zero-order valence-electron chi connectivity index (χ0n) is 53.7. The number of benzene rings is 13. The molecule has 0 atom stereocenters. The van der Waals surface area contributed by atoms with Gasteiger partial charge >= 0.3 is 0 Å². The highest BCUT2D eigenvalue weighted by Crippen LogP contribution is 2.49. The fourth-order valence-corrected chi connectivity index (χ4v) is 11.4. The molecule has 8 nitrogen and oxygen atoms in total. The fraction of sp³-hybridized carbons (Fsp3) is 0.0110. The second kappa shape index (κ2) is 31.0. The van der Waals surface area contributed by atoms with Gasteiger partial charge in [-0.1, -0.05) is 170 Å². The number of rotatable bonds is 20. The van der Waals surface area contributed by atoms with E-state index in [1.807, 2.05) is 206 Å². The molecule has 0 amide bonds. The summed E-state index contributed by atoms with van der Waals surface area (Å²) in [6.45, 7) is 2.13. The van der Waals surface area contributed by atoms with Crippen LogP contribution in [0.4, 0.5) is 51.2 Å². The van der Waals surface area contributed by atoms with Gasteiger partial charge in [0.1, 0.15) is 29.5 Å². The Morgan fingerprint density at radius 3 is 0.818 bits per heavy atom. The summed E-state index contributed by atoms with van der Waals surface area (Å²) in [5.41, 5.74) is 14.5. The first-order valence-corrected chi connectivity index (χ1v) is 31.8. The van der Waals surface area contributed by atoms with Crippen LogP contribution < -0.4 is 38.4 Å². The number of hydrogen-bond donors (Lipinski definition) is 0. The Morgan fingerprint density at radius 2 is 0.505 bits per heavy atom. The molecule has 0 aliphatic rings. The van der Waals surface area contributed by atoms with Crippen molar-refractivity contribution in [2.75, 3.05) is 14.7 Å². The molecule has 0 N–H and O–H groups in total. The molecule has 0 heterocycles. The molecule has 468 valence electrons. The normalized spacial score (nSPS) is 10.1. The van der Waals surface area contributed by atoms with E-state index in [9.17, 15) is 0 Å². The van der Waals surface area contributed by atoms with Crippen molar-refractivity contribution in [3.05, 3.63) is 333 Å². The van der Waals surface area contributed by atoms with Crippen LogP contribution in [0.25, 0.3) is 33.4 Å². The first-order valence-electron chi connectivity index (χ1n) is 31.8. The molecule has 13 aromatic carbocycles. The number of nitrogens with zero attached hydrogens (tertiary/aromatic N) is 3. The van der Waals surface area contributed by atoms with Crippen LogP contribution in [-0.4, -0.2) is 0 Å². The fourth-order valence-electron chi connectivity index (χ4n) is 11.4. The summed E-state index contributed by atoms with van der Waals surface area (Å²) < 4.78 is 32.2. The van der Waals surface area contributed by atoms with Crippen molar-refractivity contribution in [2.24, 2.45) is 0 Å². The zero-order valence-corrected chi connectivity index (χ0v) is 53.7. The van der Waals surface area contributed by atoms with Gasteiger partial charge < -0.3 is 38.4 Å². The maximum atomic E-state index is 6.64. The minimum absolute atomic E-state index is 0.495. The number of para-hydroxylation sites is 14. The summed E-state index contributed by atoms with van der Waals surface area (Å²) in [7, 11) is 0. The average molecular weight is 1270 g/mol. The highest BCUT2D eigenvalue weighted by molar-refractivity contribution is 5.89. The molecular formula is C91H59N3O5. The SMILES string of the molecule is C#CC#CC#COc1ccccc1N(c1ccc(-c2cc(-c3ccc(N(c4ccccc4C)c4ccccc4Oc4ccccc4)cc3)cc(-c3ccc(N(c4ccccc4OC#CC#CC#C)c4ccccc4Oc4ccccc4)cc3)c2)cc1)c1ccccc1Oc1ccccc1. The Hall–Kier alpha value is -14.4. The topological polar surface area (TPSA) is 55.9 Å². The van der Waals surface area contributed by atoms with Crippen LogP contribution in [0.3, 0.4) is 0 Å². The van der Waals surface area contributed by atoms with Gasteiger partial charge in [-0.15, -0.1) is 12.8 Å². The van der Waals surface area contributed by atoms with E-state index in [1.165, 1.54) is 0 Å². The Labute approximate surface area is 578 Å². The van der Waals surface area contributed by atoms with Gasteiger partial charge in [0, 0.05) is 46.4 Å². The second-order valence-corrected chi connectivity index (χ2v) is 22.3. The van der Waals surface area contributed by atoms with Gasteiger partial charge in [0.05, 0.1) is 28.4 Å². The van der Waals surface area contributed by atoms with E-state index in [1.54, 1.807) is 0 Å². The predicted octanol–water partition coefficient (Wildman–Crippen LogP) is 22.7. The van der Waals surface area contributed by atoms with E-state index < -0.39 is 0 Å². The van der Waals surface area contributed by atoms with Crippen LogP contribution in [0.2, 0.25) is 0 Å². The molecule has 0 unspecified atom stereocenters. The Bertz CT molecular complexity index is 5120. The Morgan fingerprint density at radius 1 is 0.242 bits per heavy atom. The van der Waals surface area contributed by atoms with Crippen LogP contribution in [-0.2, 0) is 0 Å². The first kappa shape index (κ1) is 63.4. The van der Waals surface area contributed by atoms with E-state index in [0.717, 1.165) is 90.3 Å². The molecule has 0 bridgehead atoms. The molecular weight excluding hydrogens is 1220 g/mol. The third kappa shape index (κ3) is 15.2. The quantitative estimate of drug-likeness (QED) is 0.0700. The molecule has 0 aliphatic heterocycles. The lowest BCUT2D eigenvalue weighted by atomic mass is 9.93. The van der Waals surface area contributed by atoms with Crippen molar-refractivity contribution >= 4 is 51.2 Å². The summed E-state index contributed by atoms with van der Waals surface area (Å²) in [6.07, 6.45) is 16.2. The molecule has 0 radical (unpaired) electrons. The van der Waals surface area contributed by atoms with Crippen molar-refractivity contribution in [2.45, 2.75) is 6.92 Å². The maximum absolute atomic E-state index is 6.64. The zero-order chi connectivity index (χ0) is 67.4. The average Bonchev–Trinajstić information content (AvgIpc) is 0.795. The van der Waals surface area contributed by atoms with Gasteiger partial charge in [0.15, 0.2) is 28.7 Å². The largest absolute Gasteiger partial charge is 0.455 e. The molecule has 0 aliphatic carbocycles. The number of anilines is 9. The van der Waals surface area contributed by atoms with Crippen LogP contribution in [0.15, 0.2) is 328 Å². The molecule has 8 heteroatoms. The van der Waals surface area contributed by atoms with Crippen LogP contribution in [0.5, 0.6) is 46.0 Å². The van der Waals surface area contributed by atoms with Crippen molar-refractivity contribution in [3.8, 4) is 152 Å². The molecule has 0 saturated carbocycles. The third-order valence-corrected chi connectivity index (χ3v) is 15.9. The number of aryl methyl sites for hydroxylation is 1. The summed E-state index contributed by atoms with van der Waals surface area (Å²) in [4.78, 5) is 6.47. The van der Waals surface area contributed by atoms with Crippen molar-refractivity contribution in [1.82, 2.24) is 0 Å². The molecule has 0 saturated heterocycles. The molecule has 99 heavy (non-hydrogen) atoms. The third-order valence-electron chi connectivity index (χ3n) is 15.9. The van der Waals surface area contributed by atoms with Gasteiger partial charge in [-0.3, -0.25) is 0 Å². The van der Waals surface area contributed by atoms with Gasteiger partial charge in [0.25, 0.3) is 0 Å². The maximum Gasteiger partial charge on any atom is 0.164 e. The molecule has 0 spiro atoms. The highest BCUT2D eigenvalue weighted by Gasteiger charge is 2.25. The van der Waals surface area contributed by atoms with Crippen LogP contribution in [0, 0.1) is 79.3 Å². The molecule has 13 aromatic rings. The van der Waals surface area contributed by atoms with Gasteiger partial charge in [-0.25, -0.2) is 0 Å². The van der Waals surface area contributed by atoms with Crippen LogP contribution >= 0.6 is 0 Å². The summed E-state index contributed by atoms with van der Waals surface area (Å²) in [6, 6.07) is 110. The van der Waals surface area contributed by atoms with E-state index in [2.05, 4.69) is 203 Å². The monoisotopic (exact) mass is 1270 g/mol. The van der Waals surface area contributed by atoms with E-state index in [-0.39, 0.29) is 0 Å². The van der Waals surface area contributed by atoms with E-state index >= 15 is 0 Å². The summed E-state index contributed by atoms with van der Waals surface area (Å²) in [5.74, 6) is 25.4. The van der Waals surface area contributed by atoms with Crippen molar-refractivity contribution in [3.63, 3.8) is 0 Å². The highest BCUT2D eigenvalue weighted by atomic mass is 16.5. The summed E-state index contributed by atoms with van der Waals surface area (Å²) in [5, 5.41) is 0. The Balaban J connectivity index is 0.938. The standard InChI is InChI=1S/C91H59N3O5/c1-4-6-8-31-63-95-87-46-26-21-41-82(87)93(85-44-24-29-49-90(85)98-79-36-15-11-16-37-79)76-59-53-70(54-60-76)73-65-72(69-51-57-75(58-52-69)92(81-40-20-19-33-68(81)3)84-43-23-28-48-89(84)97-78-34-13-10-14-35-78)66-74(67-73)71-55-61-77(62-56-71)94(83-42-22-27-47-88(83)96-64-32-9-7-5-2)86-45-25-30-50-91(86)99-80-38-17-12-18-39-80/h1-2,10-30,33-62,65-67H,3H3. The van der Waals surface area contributed by atoms with Crippen LogP contribution in [0.1, 0.15) is 5.56 Å². The van der Waals surface area contributed by atoms with E-state index in [0.29, 0.717) is 45.9 Å². The smallest absolute Gasteiger partial charge is 0.164 e. The summed E-state index contributed by atoms with van der Waals surface area (Å²) >= 11 is 0. The number of ether oxygens (including phenoxy) is 5.